The Labute approximate surface area is 144 Å². The Balaban J connectivity index is 1.90. The van der Waals surface area contributed by atoms with E-state index in [4.69, 9.17) is 14.2 Å². The first-order valence-corrected chi connectivity index (χ1v) is 7.62. The first kappa shape index (κ1) is 16.6. The van der Waals surface area contributed by atoms with Gasteiger partial charge in [0.25, 0.3) is 11.8 Å². The smallest absolute Gasteiger partial charge is 0.262 e. The van der Waals surface area contributed by atoms with Gasteiger partial charge in [-0.25, -0.2) is 0 Å². The zero-order valence-electron chi connectivity index (χ0n) is 14.1. The van der Waals surface area contributed by atoms with Crippen LogP contribution in [0.3, 0.4) is 0 Å². The van der Waals surface area contributed by atoms with Gasteiger partial charge >= 0.3 is 0 Å². The maximum atomic E-state index is 12.6. The Morgan fingerprint density at radius 3 is 2.64 bits per heavy atom. The van der Waals surface area contributed by atoms with E-state index >= 15 is 0 Å². The molecule has 0 saturated carbocycles. The molecule has 0 spiro atoms. The lowest BCUT2D eigenvalue weighted by Gasteiger charge is -2.21. The Kier molecular flexibility index (Phi) is 4.47. The van der Waals surface area contributed by atoms with Gasteiger partial charge in [0.05, 0.1) is 25.6 Å². The van der Waals surface area contributed by atoms with Gasteiger partial charge in [-0.15, -0.1) is 0 Å². The molecular weight excluding hydrogens is 324 g/mol. The van der Waals surface area contributed by atoms with Crippen molar-refractivity contribution in [2.45, 2.75) is 6.92 Å². The number of ether oxygens (including phenoxy) is 3. The number of carbonyl (C=O) groups excluding carboxylic acids is 2. The average Bonchev–Trinajstić information content (AvgIpc) is 2.60. The third-order valence-electron chi connectivity index (χ3n) is 3.75. The summed E-state index contributed by atoms with van der Waals surface area (Å²) in [6, 6.07) is 8.48. The molecule has 0 unspecified atom stereocenters. The van der Waals surface area contributed by atoms with E-state index in [-0.39, 0.29) is 18.4 Å². The lowest BCUT2D eigenvalue weighted by Crippen LogP contribution is -2.26. The summed E-state index contributed by atoms with van der Waals surface area (Å²) >= 11 is 0. The molecule has 0 radical (unpaired) electrons. The van der Waals surface area contributed by atoms with Crippen molar-refractivity contribution in [1.82, 2.24) is 0 Å². The molecule has 1 aliphatic rings. The molecule has 0 aliphatic carbocycles. The van der Waals surface area contributed by atoms with Crippen LogP contribution in [0.15, 0.2) is 30.3 Å². The number of fused-ring (bicyclic) bond motifs is 1. The maximum absolute atomic E-state index is 12.6. The van der Waals surface area contributed by atoms with Gasteiger partial charge in [-0.3, -0.25) is 9.59 Å². The number of amides is 2. The summed E-state index contributed by atoms with van der Waals surface area (Å²) in [4.78, 5) is 24.1. The summed E-state index contributed by atoms with van der Waals surface area (Å²) in [5.74, 6) is 0.895. The van der Waals surface area contributed by atoms with Crippen molar-refractivity contribution in [1.29, 1.82) is 0 Å². The summed E-state index contributed by atoms with van der Waals surface area (Å²) < 4.78 is 15.9. The molecular formula is C18H18N2O5. The Bertz CT molecular complexity index is 848. The number of benzene rings is 2. The average molecular weight is 342 g/mol. The van der Waals surface area contributed by atoms with Crippen LogP contribution in [0.1, 0.15) is 15.9 Å². The van der Waals surface area contributed by atoms with Crippen LogP contribution >= 0.6 is 0 Å². The summed E-state index contributed by atoms with van der Waals surface area (Å²) in [6.07, 6.45) is 0. The molecule has 3 rings (SSSR count). The first-order chi connectivity index (χ1) is 12.0. The van der Waals surface area contributed by atoms with E-state index in [2.05, 4.69) is 10.6 Å². The second kappa shape index (κ2) is 6.72. The highest BCUT2D eigenvalue weighted by molar-refractivity contribution is 6.07. The second-order valence-electron chi connectivity index (χ2n) is 5.55. The van der Waals surface area contributed by atoms with Crippen molar-refractivity contribution >= 4 is 23.2 Å². The van der Waals surface area contributed by atoms with Crippen LogP contribution in [0.2, 0.25) is 0 Å². The van der Waals surface area contributed by atoms with Crippen molar-refractivity contribution < 1.29 is 23.8 Å². The number of aryl methyl sites for hydroxylation is 1. The van der Waals surface area contributed by atoms with Gasteiger partial charge in [0, 0.05) is 5.56 Å². The van der Waals surface area contributed by atoms with Crippen molar-refractivity contribution in [2.75, 3.05) is 31.5 Å². The number of methoxy groups -OCH3 is 2. The molecule has 0 atom stereocenters. The quantitative estimate of drug-likeness (QED) is 0.892. The number of nitrogens with one attached hydrogen (secondary N) is 2. The Morgan fingerprint density at radius 2 is 1.92 bits per heavy atom. The van der Waals surface area contributed by atoms with Crippen molar-refractivity contribution in [2.24, 2.45) is 0 Å². The number of anilines is 2. The van der Waals surface area contributed by atoms with Crippen LogP contribution in [0.5, 0.6) is 17.2 Å². The van der Waals surface area contributed by atoms with Gasteiger partial charge in [-0.2, -0.15) is 0 Å². The van der Waals surface area contributed by atoms with Crippen LogP contribution in [-0.4, -0.2) is 32.6 Å². The third-order valence-corrected chi connectivity index (χ3v) is 3.75. The van der Waals surface area contributed by atoms with E-state index in [9.17, 15) is 9.59 Å². The molecule has 0 bridgehead atoms. The van der Waals surface area contributed by atoms with E-state index in [1.807, 2.05) is 6.92 Å². The van der Waals surface area contributed by atoms with Gasteiger partial charge in [0.15, 0.2) is 23.9 Å². The molecule has 2 aromatic carbocycles. The molecule has 0 aromatic heterocycles. The minimum absolute atomic E-state index is 0.0880. The monoisotopic (exact) mass is 342 g/mol. The first-order valence-electron chi connectivity index (χ1n) is 7.62. The molecule has 1 aliphatic heterocycles. The number of hydrogen-bond acceptors (Lipinski definition) is 5. The van der Waals surface area contributed by atoms with Gasteiger partial charge < -0.3 is 24.8 Å². The van der Waals surface area contributed by atoms with E-state index in [1.54, 1.807) is 30.3 Å². The second-order valence-corrected chi connectivity index (χ2v) is 5.55. The van der Waals surface area contributed by atoms with Crippen molar-refractivity contribution in [3.05, 3.63) is 41.5 Å². The van der Waals surface area contributed by atoms with E-state index in [0.29, 0.717) is 34.2 Å². The van der Waals surface area contributed by atoms with Crippen LogP contribution < -0.4 is 24.8 Å². The molecule has 7 heteroatoms. The summed E-state index contributed by atoms with van der Waals surface area (Å²) in [6.45, 7) is 1.78. The normalized spacial score (nSPS) is 12.5. The molecule has 1 heterocycles. The molecule has 0 fully saturated rings. The van der Waals surface area contributed by atoms with Crippen molar-refractivity contribution in [3.8, 4) is 17.2 Å². The van der Waals surface area contributed by atoms with Crippen LogP contribution in [0.25, 0.3) is 0 Å². The molecule has 0 saturated heterocycles. The highest BCUT2D eigenvalue weighted by Gasteiger charge is 2.21. The zero-order chi connectivity index (χ0) is 18.0. The summed E-state index contributed by atoms with van der Waals surface area (Å²) in [7, 11) is 3.04. The topological polar surface area (TPSA) is 85.9 Å². The third kappa shape index (κ3) is 3.35. The minimum Gasteiger partial charge on any atom is -0.493 e. The lowest BCUT2D eigenvalue weighted by atomic mass is 10.1. The summed E-state index contributed by atoms with van der Waals surface area (Å²) in [5, 5.41) is 5.55. The maximum Gasteiger partial charge on any atom is 0.262 e. The van der Waals surface area contributed by atoms with Crippen LogP contribution in [0, 0.1) is 6.92 Å². The highest BCUT2D eigenvalue weighted by atomic mass is 16.5. The highest BCUT2D eigenvalue weighted by Crippen LogP contribution is 2.37. The Morgan fingerprint density at radius 1 is 1.16 bits per heavy atom. The summed E-state index contributed by atoms with van der Waals surface area (Å²) in [5.41, 5.74) is 2.33. The van der Waals surface area contributed by atoms with Gasteiger partial charge in [-0.05, 0) is 42.8 Å². The van der Waals surface area contributed by atoms with E-state index < -0.39 is 0 Å². The minimum atomic E-state index is -0.325. The zero-order valence-corrected chi connectivity index (χ0v) is 14.1. The van der Waals surface area contributed by atoms with Crippen LogP contribution in [-0.2, 0) is 4.79 Å². The fraction of sp³-hybridized carbons (Fsp3) is 0.222. The fourth-order valence-electron chi connectivity index (χ4n) is 2.61. The van der Waals surface area contributed by atoms with E-state index in [1.165, 1.54) is 14.2 Å². The molecule has 25 heavy (non-hydrogen) atoms. The fourth-order valence-corrected chi connectivity index (χ4v) is 2.61. The van der Waals surface area contributed by atoms with Gasteiger partial charge in [0.2, 0.25) is 0 Å². The SMILES string of the molecule is COc1ccc(C(=O)Nc2cc(C)cc3c2OCC(=O)N3)cc1OC. The number of rotatable bonds is 4. The molecule has 7 nitrogen and oxygen atoms in total. The van der Waals surface area contributed by atoms with E-state index in [0.717, 1.165) is 5.56 Å². The number of hydrogen-bond donors (Lipinski definition) is 2. The lowest BCUT2D eigenvalue weighted by molar-refractivity contribution is -0.118. The molecule has 2 amide bonds. The predicted octanol–water partition coefficient (Wildman–Crippen LogP) is 2.60. The number of carbonyl (C=O) groups is 2. The standard InChI is InChI=1S/C18H18N2O5/c1-10-6-12-17(25-9-16(21)19-12)13(7-10)20-18(22)11-4-5-14(23-2)15(8-11)24-3/h4-8H,9H2,1-3H3,(H,19,21)(H,20,22). The predicted molar refractivity (Wildman–Crippen MR) is 92.8 cm³/mol. The Hall–Kier alpha value is -3.22. The van der Waals surface area contributed by atoms with Gasteiger partial charge in [-0.1, -0.05) is 0 Å². The molecule has 2 aromatic rings. The van der Waals surface area contributed by atoms with Crippen molar-refractivity contribution in [3.63, 3.8) is 0 Å². The molecule has 2 N–H and O–H groups in total. The van der Waals surface area contributed by atoms with Gasteiger partial charge in [0.1, 0.15) is 0 Å². The molecule has 130 valence electrons. The largest absolute Gasteiger partial charge is 0.493 e. The van der Waals surface area contributed by atoms with Crippen LogP contribution in [0.4, 0.5) is 11.4 Å².